The molecule has 94 valence electrons. The Morgan fingerprint density at radius 2 is 1.44 bits per heavy atom. The first kappa shape index (κ1) is 15.1. The van der Waals surface area contributed by atoms with Crippen molar-refractivity contribution in [2.75, 3.05) is 26.3 Å². The number of esters is 2. The lowest BCUT2D eigenvalue weighted by molar-refractivity contribution is -0.142. The third-order valence-electron chi connectivity index (χ3n) is 1.43. The Labute approximate surface area is 95.3 Å². The molecule has 0 bridgehead atoms. The lowest BCUT2D eigenvalue weighted by atomic mass is 10.7. The topological polar surface area (TPSA) is 101 Å². The molecule has 0 aromatic carbocycles. The zero-order valence-electron chi connectivity index (χ0n) is 9.46. The van der Waals surface area contributed by atoms with E-state index in [1.165, 1.54) is 0 Å². The van der Waals surface area contributed by atoms with Crippen LogP contribution in [0.5, 0.6) is 0 Å². The van der Waals surface area contributed by atoms with Crippen LogP contribution in [0.1, 0.15) is 13.8 Å². The molecule has 0 aliphatic carbocycles. The van der Waals surface area contributed by atoms with E-state index in [0.29, 0.717) is 13.2 Å². The normalized spacial score (nSPS) is 10.2. The Hall–Kier alpha value is -0.910. The quantitative estimate of drug-likeness (QED) is 0.418. The van der Waals surface area contributed by atoms with Crippen LogP contribution in [0.3, 0.4) is 0 Å². The highest BCUT2D eigenvalue weighted by Gasteiger charge is 2.04. The molecule has 8 heteroatoms. The third kappa shape index (κ3) is 8.40. The van der Waals surface area contributed by atoms with Crippen molar-refractivity contribution in [3.05, 3.63) is 0 Å². The number of carbonyl (C=O) groups excluding carboxylic acids is 2. The van der Waals surface area contributed by atoms with E-state index in [4.69, 9.17) is 5.16 Å². The van der Waals surface area contributed by atoms with Gasteiger partial charge in [0.05, 0.1) is 34.3 Å². The molecule has 0 aromatic heterocycles. The molecule has 16 heavy (non-hydrogen) atoms. The predicted molar refractivity (Wildman–Crippen MR) is 60.3 cm³/mol. The summed E-state index contributed by atoms with van der Waals surface area (Å²) in [7, 11) is -1.87. The molecule has 0 saturated heterocycles. The molecule has 0 heterocycles. The summed E-state index contributed by atoms with van der Waals surface area (Å²) in [6.45, 7) is 4.00. The number of rotatable bonds is 8. The van der Waals surface area contributed by atoms with Gasteiger partial charge in [0.15, 0.2) is 0 Å². The summed E-state index contributed by atoms with van der Waals surface area (Å²) in [6, 6.07) is 0. The first-order valence-corrected chi connectivity index (χ1v) is 6.47. The largest absolute Gasteiger partial charge is 0.465 e. The van der Waals surface area contributed by atoms with E-state index < -0.39 is 20.0 Å². The molecule has 3 N–H and O–H groups in total. The molecule has 0 radical (unpaired) electrons. The van der Waals surface area contributed by atoms with Gasteiger partial charge < -0.3 is 9.47 Å². The first-order chi connectivity index (χ1) is 7.60. The number of hydrogen-bond donors (Lipinski definition) is 3. The fraction of sp³-hybridized carbons (Fsp3) is 0.750. The molecule has 0 aliphatic heterocycles. The number of ether oxygens (including phenoxy) is 2. The van der Waals surface area contributed by atoms with Crippen LogP contribution in [-0.4, -0.2) is 38.2 Å². The van der Waals surface area contributed by atoms with Crippen molar-refractivity contribution in [2.24, 2.45) is 0 Å². The molecule has 7 nitrogen and oxygen atoms in total. The maximum Gasteiger partial charge on any atom is 0.320 e. The van der Waals surface area contributed by atoms with Gasteiger partial charge >= 0.3 is 11.9 Å². The average molecular weight is 251 g/mol. The van der Waals surface area contributed by atoms with Crippen molar-refractivity contribution < 1.29 is 19.1 Å². The second kappa shape index (κ2) is 9.33. The van der Waals surface area contributed by atoms with Gasteiger partial charge in [0.2, 0.25) is 0 Å². The molecule has 0 amide bonds. The molecular formula is C8H18N3O4P. The zero-order valence-corrected chi connectivity index (χ0v) is 10.5. The summed E-state index contributed by atoms with van der Waals surface area (Å²) < 4.78 is 9.34. The third-order valence-corrected chi connectivity index (χ3v) is 2.49. The van der Waals surface area contributed by atoms with Gasteiger partial charge in [-0.25, -0.2) is 0 Å². The molecular weight excluding hydrogens is 233 g/mol. The zero-order chi connectivity index (χ0) is 12.4. The summed E-state index contributed by atoms with van der Waals surface area (Å²) in [6.07, 6.45) is 0. The van der Waals surface area contributed by atoms with Gasteiger partial charge in [-0.15, -0.1) is 0 Å². The van der Waals surface area contributed by atoms with Crippen molar-refractivity contribution in [3.8, 4) is 0 Å². The van der Waals surface area contributed by atoms with Gasteiger partial charge in [-0.2, -0.15) is 0 Å². The van der Waals surface area contributed by atoms with Crippen molar-refractivity contribution in [3.63, 3.8) is 0 Å². The summed E-state index contributed by atoms with van der Waals surface area (Å²) in [5.74, 6) is -0.814. The number of nitrogens with one attached hydrogen (secondary N) is 3. The monoisotopic (exact) mass is 251 g/mol. The lowest BCUT2D eigenvalue weighted by Crippen LogP contribution is -2.26. The Bertz CT molecular complexity index is 236. The highest BCUT2D eigenvalue weighted by Crippen LogP contribution is 2.06. The number of carbonyl (C=O) groups is 2. The standard InChI is InChI=1S/C8H18N3O4P/c1-3-14-7(12)5-10-16(9)11-6-8(13)15-4-2/h16H,3-6H2,1-2H3,(H3,9,10,11). The Morgan fingerprint density at radius 3 is 1.75 bits per heavy atom. The molecule has 0 unspecified atom stereocenters. The van der Waals surface area contributed by atoms with Gasteiger partial charge in [0, 0.05) is 0 Å². The van der Waals surface area contributed by atoms with Crippen molar-refractivity contribution in [1.29, 1.82) is 5.16 Å². The smallest absolute Gasteiger partial charge is 0.320 e. The van der Waals surface area contributed by atoms with E-state index in [2.05, 4.69) is 19.6 Å². The van der Waals surface area contributed by atoms with Crippen molar-refractivity contribution in [1.82, 2.24) is 10.2 Å². The van der Waals surface area contributed by atoms with E-state index in [-0.39, 0.29) is 13.1 Å². The SMILES string of the molecule is CCOC(=O)CN[PH](=N)NCC(=O)OCC. The van der Waals surface area contributed by atoms with E-state index in [9.17, 15) is 9.59 Å². The molecule has 0 spiro atoms. The van der Waals surface area contributed by atoms with Gasteiger partial charge in [0.1, 0.15) is 0 Å². The lowest BCUT2D eigenvalue weighted by Gasteiger charge is -2.08. The first-order valence-electron chi connectivity index (χ1n) is 4.97. The van der Waals surface area contributed by atoms with Gasteiger partial charge in [0.25, 0.3) is 0 Å². The van der Waals surface area contributed by atoms with Crippen LogP contribution < -0.4 is 10.2 Å². The van der Waals surface area contributed by atoms with Crippen LogP contribution in [0.25, 0.3) is 0 Å². The molecule has 0 rings (SSSR count). The van der Waals surface area contributed by atoms with Crippen LogP contribution >= 0.6 is 8.01 Å². The van der Waals surface area contributed by atoms with Crippen LogP contribution in [-0.2, 0) is 19.1 Å². The van der Waals surface area contributed by atoms with Crippen molar-refractivity contribution in [2.45, 2.75) is 13.8 Å². The molecule has 0 aromatic rings. The minimum absolute atomic E-state index is 0.0263. The summed E-state index contributed by atoms with van der Waals surface area (Å²) in [5, 5.41) is 12.8. The minimum Gasteiger partial charge on any atom is -0.465 e. The fourth-order valence-corrected chi connectivity index (χ4v) is 1.57. The Morgan fingerprint density at radius 1 is 1.06 bits per heavy atom. The molecule has 0 saturated carbocycles. The number of hydrogen-bond acceptors (Lipinski definition) is 5. The maximum atomic E-state index is 10.9. The molecule has 0 fully saturated rings. The van der Waals surface area contributed by atoms with Crippen LogP contribution in [0.4, 0.5) is 0 Å². The minimum atomic E-state index is -1.87. The van der Waals surface area contributed by atoms with Crippen LogP contribution in [0.15, 0.2) is 0 Å². The predicted octanol–water partition coefficient (Wildman–Crippen LogP) is 0.0984. The highest BCUT2D eigenvalue weighted by molar-refractivity contribution is 7.41. The van der Waals surface area contributed by atoms with Crippen LogP contribution in [0.2, 0.25) is 0 Å². The van der Waals surface area contributed by atoms with Gasteiger partial charge in [-0.3, -0.25) is 24.9 Å². The van der Waals surface area contributed by atoms with Crippen molar-refractivity contribution >= 4 is 20.0 Å². The molecule has 0 atom stereocenters. The molecule has 0 aliphatic rings. The Kier molecular flexibility index (Phi) is 8.80. The second-order valence-electron chi connectivity index (χ2n) is 2.69. The Balaban J connectivity index is 3.59. The average Bonchev–Trinajstić information content (AvgIpc) is 2.24. The van der Waals surface area contributed by atoms with Gasteiger partial charge in [-0.05, 0) is 13.8 Å². The summed E-state index contributed by atoms with van der Waals surface area (Å²) in [4.78, 5) is 21.8. The maximum absolute atomic E-state index is 10.9. The van der Waals surface area contributed by atoms with Gasteiger partial charge in [-0.1, -0.05) is 0 Å². The van der Waals surface area contributed by atoms with E-state index in [1.54, 1.807) is 13.8 Å². The highest BCUT2D eigenvalue weighted by atomic mass is 31.1. The fourth-order valence-electron chi connectivity index (χ4n) is 0.808. The van der Waals surface area contributed by atoms with Crippen LogP contribution in [0, 0.1) is 5.16 Å². The van der Waals surface area contributed by atoms with E-state index in [0.717, 1.165) is 0 Å². The second-order valence-corrected chi connectivity index (χ2v) is 4.15. The van der Waals surface area contributed by atoms with E-state index in [1.807, 2.05) is 0 Å². The summed E-state index contributed by atoms with van der Waals surface area (Å²) in [5.41, 5.74) is 0. The summed E-state index contributed by atoms with van der Waals surface area (Å²) >= 11 is 0. The van der Waals surface area contributed by atoms with E-state index >= 15 is 0 Å².